The van der Waals surface area contributed by atoms with Gasteiger partial charge < -0.3 is 4.74 Å². The molecule has 0 aromatic rings. The first-order chi connectivity index (χ1) is 7.67. The molecule has 1 rings (SSSR count). The van der Waals surface area contributed by atoms with Gasteiger partial charge in [-0.3, -0.25) is 4.90 Å². The van der Waals surface area contributed by atoms with E-state index in [0.717, 1.165) is 18.5 Å². The Kier molecular flexibility index (Phi) is 6.30. The van der Waals surface area contributed by atoms with Gasteiger partial charge in [-0.15, -0.1) is 0 Å². The fraction of sp³-hybridized carbons (Fsp3) is 1.00. The predicted octanol–water partition coefficient (Wildman–Crippen LogP) is 3.30. The molecule has 0 aromatic carbocycles. The van der Waals surface area contributed by atoms with Crippen LogP contribution < -0.4 is 0 Å². The standard InChI is InChI=1S/C13H26BrNO/c1-4-15(12(2)9-16-3)11-13(10-14)7-5-6-8-13/h12H,4-11H2,1-3H3. The largest absolute Gasteiger partial charge is 0.383 e. The van der Waals surface area contributed by atoms with Crippen molar-refractivity contribution < 1.29 is 4.74 Å². The van der Waals surface area contributed by atoms with E-state index in [9.17, 15) is 0 Å². The van der Waals surface area contributed by atoms with Gasteiger partial charge in [0.25, 0.3) is 0 Å². The number of halogens is 1. The molecule has 2 nitrogen and oxygen atoms in total. The molecule has 1 saturated carbocycles. The van der Waals surface area contributed by atoms with Crippen LogP contribution in [0.1, 0.15) is 39.5 Å². The topological polar surface area (TPSA) is 12.5 Å². The van der Waals surface area contributed by atoms with Gasteiger partial charge in [0.1, 0.15) is 0 Å². The van der Waals surface area contributed by atoms with Crippen molar-refractivity contribution in [2.45, 2.75) is 45.6 Å². The lowest BCUT2D eigenvalue weighted by atomic mass is 9.87. The van der Waals surface area contributed by atoms with E-state index in [2.05, 4.69) is 34.7 Å². The molecule has 0 radical (unpaired) electrons. The molecule has 0 aromatic heterocycles. The summed E-state index contributed by atoms with van der Waals surface area (Å²) in [6, 6.07) is 0.534. The third-order valence-electron chi connectivity index (χ3n) is 3.92. The third kappa shape index (κ3) is 3.71. The van der Waals surface area contributed by atoms with Gasteiger partial charge in [0.15, 0.2) is 0 Å². The fourth-order valence-corrected chi connectivity index (χ4v) is 3.55. The van der Waals surface area contributed by atoms with Crippen molar-refractivity contribution in [1.29, 1.82) is 0 Å². The van der Waals surface area contributed by atoms with Gasteiger partial charge >= 0.3 is 0 Å². The maximum Gasteiger partial charge on any atom is 0.0615 e. The molecule has 0 amide bonds. The normalized spacial score (nSPS) is 21.6. The second kappa shape index (κ2) is 6.97. The van der Waals surface area contributed by atoms with E-state index in [1.807, 2.05) is 0 Å². The Labute approximate surface area is 109 Å². The van der Waals surface area contributed by atoms with Crippen LogP contribution in [-0.4, -0.2) is 43.1 Å². The van der Waals surface area contributed by atoms with Gasteiger partial charge in [-0.2, -0.15) is 0 Å². The summed E-state index contributed by atoms with van der Waals surface area (Å²) in [5.41, 5.74) is 0.526. The van der Waals surface area contributed by atoms with E-state index >= 15 is 0 Å². The molecule has 0 saturated heterocycles. The maximum absolute atomic E-state index is 5.26. The molecule has 1 unspecified atom stereocenters. The number of nitrogens with zero attached hydrogens (tertiary/aromatic N) is 1. The minimum absolute atomic E-state index is 0.526. The molecular weight excluding hydrogens is 266 g/mol. The zero-order chi connectivity index (χ0) is 12.0. The van der Waals surface area contributed by atoms with Crippen molar-refractivity contribution in [3.8, 4) is 0 Å². The second-order valence-corrected chi connectivity index (χ2v) is 5.77. The van der Waals surface area contributed by atoms with E-state index < -0.39 is 0 Å². The van der Waals surface area contributed by atoms with Crippen LogP contribution >= 0.6 is 15.9 Å². The third-order valence-corrected chi connectivity index (χ3v) is 5.11. The lowest BCUT2D eigenvalue weighted by Crippen LogP contribution is -2.44. The van der Waals surface area contributed by atoms with Gasteiger partial charge in [-0.25, -0.2) is 0 Å². The summed E-state index contributed by atoms with van der Waals surface area (Å²) in [5.74, 6) is 0. The summed E-state index contributed by atoms with van der Waals surface area (Å²) < 4.78 is 5.26. The molecule has 0 aliphatic heterocycles. The van der Waals surface area contributed by atoms with Crippen molar-refractivity contribution in [3.05, 3.63) is 0 Å². The average Bonchev–Trinajstić information content (AvgIpc) is 2.75. The highest BCUT2D eigenvalue weighted by atomic mass is 79.9. The minimum atomic E-state index is 0.526. The molecule has 0 bridgehead atoms. The molecule has 16 heavy (non-hydrogen) atoms. The van der Waals surface area contributed by atoms with Crippen LogP contribution in [0.25, 0.3) is 0 Å². The zero-order valence-electron chi connectivity index (χ0n) is 11.0. The minimum Gasteiger partial charge on any atom is -0.383 e. The number of alkyl halides is 1. The Morgan fingerprint density at radius 2 is 2.00 bits per heavy atom. The Hall–Kier alpha value is 0.400. The highest BCUT2D eigenvalue weighted by Gasteiger charge is 2.35. The van der Waals surface area contributed by atoms with Crippen LogP contribution in [0, 0.1) is 5.41 Å². The highest BCUT2D eigenvalue weighted by molar-refractivity contribution is 9.09. The van der Waals surface area contributed by atoms with E-state index in [1.165, 1.54) is 32.2 Å². The van der Waals surface area contributed by atoms with Crippen LogP contribution in [0.2, 0.25) is 0 Å². The molecule has 96 valence electrons. The van der Waals surface area contributed by atoms with Gasteiger partial charge in [0, 0.05) is 25.0 Å². The average molecular weight is 292 g/mol. The first-order valence-corrected chi connectivity index (χ1v) is 7.58. The molecule has 1 atom stereocenters. The number of hydrogen-bond acceptors (Lipinski definition) is 2. The molecule has 1 fully saturated rings. The van der Waals surface area contributed by atoms with Crippen LogP contribution in [0.5, 0.6) is 0 Å². The number of ether oxygens (including phenoxy) is 1. The SMILES string of the molecule is CCN(CC1(CBr)CCCC1)C(C)COC. The van der Waals surface area contributed by atoms with E-state index in [-0.39, 0.29) is 0 Å². The first kappa shape index (κ1) is 14.5. The number of rotatable bonds is 7. The van der Waals surface area contributed by atoms with Crippen molar-refractivity contribution in [2.24, 2.45) is 5.41 Å². The lowest BCUT2D eigenvalue weighted by Gasteiger charge is -2.36. The van der Waals surface area contributed by atoms with Crippen LogP contribution in [0.15, 0.2) is 0 Å². The van der Waals surface area contributed by atoms with Crippen molar-refractivity contribution in [3.63, 3.8) is 0 Å². The smallest absolute Gasteiger partial charge is 0.0615 e. The van der Waals surface area contributed by atoms with E-state index in [4.69, 9.17) is 4.74 Å². The van der Waals surface area contributed by atoms with E-state index in [0.29, 0.717) is 11.5 Å². The summed E-state index contributed by atoms with van der Waals surface area (Å²) >= 11 is 3.72. The Morgan fingerprint density at radius 1 is 1.38 bits per heavy atom. The summed E-state index contributed by atoms with van der Waals surface area (Å²) in [7, 11) is 1.79. The molecular formula is C13H26BrNO. The van der Waals surface area contributed by atoms with Gasteiger partial charge in [0.05, 0.1) is 6.61 Å². The number of hydrogen-bond donors (Lipinski definition) is 0. The highest BCUT2D eigenvalue weighted by Crippen LogP contribution is 2.40. The van der Waals surface area contributed by atoms with Gasteiger partial charge in [-0.1, -0.05) is 35.7 Å². The van der Waals surface area contributed by atoms with Crippen molar-refractivity contribution in [2.75, 3.05) is 32.1 Å². The quantitative estimate of drug-likeness (QED) is 0.668. The van der Waals surface area contributed by atoms with Crippen molar-refractivity contribution >= 4 is 15.9 Å². The fourth-order valence-electron chi connectivity index (χ4n) is 2.82. The lowest BCUT2D eigenvalue weighted by molar-refractivity contribution is 0.0742. The summed E-state index contributed by atoms with van der Waals surface area (Å²) in [6.07, 6.45) is 5.58. The maximum atomic E-state index is 5.26. The predicted molar refractivity (Wildman–Crippen MR) is 73.3 cm³/mol. The molecule has 1 aliphatic carbocycles. The van der Waals surface area contributed by atoms with Crippen LogP contribution in [0.3, 0.4) is 0 Å². The Morgan fingerprint density at radius 3 is 2.44 bits per heavy atom. The molecule has 0 N–H and O–H groups in total. The zero-order valence-corrected chi connectivity index (χ0v) is 12.6. The Bertz CT molecular complexity index is 192. The monoisotopic (exact) mass is 291 g/mol. The first-order valence-electron chi connectivity index (χ1n) is 6.46. The van der Waals surface area contributed by atoms with E-state index in [1.54, 1.807) is 7.11 Å². The summed E-state index contributed by atoms with van der Waals surface area (Å²) in [6.45, 7) is 7.71. The number of likely N-dealkylation sites (N-methyl/N-ethyl adjacent to an activating group) is 1. The number of methoxy groups -OCH3 is 1. The van der Waals surface area contributed by atoms with Crippen LogP contribution in [-0.2, 0) is 4.74 Å². The second-order valence-electron chi connectivity index (χ2n) is 5.21. The summed E-state index contributed by atoms with van der Waals surface area (Å²) in [4.78, 5) is 2.57. The van der Waals surface area contributed by atoms with Crippen molar-refractivity contribution in [1.82, 2.24) is 4.90 Å². The molecule has 0 spiro atoms. The van der Waals surface area contributed by atoms with Gasteiger partial charge in [-0.05, 0) is 31.7 Å². The molecule has 3 heteroatoms. The molecule has 1 aliphatic rings. The van der Waals surface area contributed by atoms with Crippen LogP contribution in [0.4, 0.5) is 0 Å². The summed E-state index contributed by atoms with van der Waals surface area (Å²) in [5, 5.41) is 1.15. The molecule has 0 heterocycles. The Balaban J connectivity index is 2.53. The van der Waals surface area contributed by atoms with Gasteiger partial charge in [0.2, 0.25) is 0 Å².